The maximum absolute atomic E-state index is 12.3. The van der Waals surface area contributed by atoms with E-state index in [0.29, 0.717) is 31.7 Å². The van der Waals surface area contributed by atoms with Crippen molar-refractivity contribution in [2.45, 2.75) is 0 Å². The molecule has 1 aromatic carbocycles. The van der Waals surface area contributed by atoms with Gasteiger partial charge in [0.1, 0.15) is 5.75 Å². The van der Waals surface area contributed by atoms with E-state index in [2.05, 4.69) is 5.32 Å². The Bertz CT molecular complexity index is 555. The van der Waals surface area contributed by atoms with Crippen molar-refractivity contribution < 1.29 is 14.7 Å². The van der Waals surface area contributed by atoms with Crippen molar-refractivity contribution in [2.24, 2.45) is 5.92 Å². The van der Waals surface area contributed by atoms with E-state index in [9.17, 15) is 14.7 Å². The first-order valence-electron chi connectivity index (χ1n) is 7.23. The standard InChI is InChI=1S/C15H19N3O3.ClH/c19-13-3-1-2-11(8-13)14(20)17-4-6-18(7-5-17)15(21)12-9-16-10-12;/h1-3,8,12,16,19H,4-7,9-10H2;1H. The van der Waals surface area contributed by atoms with E-state index in [1.807, 2.05) is 4.90 Å². The lowest BCUT2D eigenvalue weighted by atomic mass is 10.0. The zero-order chi connectivity index (χ0) is 14.8. The lowest BCUT2D eigenvalue weighted by Gasteiger charge is -2.38. The van der Waals surface area contributed by atoms with Crippen LogP contribution in [0.2, 0.25) is 0 Å². The summed E-state index contributed by atoms with van der Waals surface area (Å²) in [6.45, 7) is 3.78. The van der Waals surface area contributed by atoms with Crippen molar-refractivity contribution >= 4 is 24.2 Å². The Balaban J connectivity index is 0.00000176. The van der Waals surface area contributed by atoms with Gasteiger partial charge in [-0.2, -0.15) is 0 Å². The van der Waals surface area contributed by atoms with Crippen molar-refractivity contribution in [3.05, 3.63) is 29.8 Å². The molecule has 0 unspecified atom stereocenters. The van der Waals surface area contributed by atoms with Gasteiger partial charge in [-0.1, -0.05) is 6.07 Å². The molecule has 2 saturated heterocycles. The van der Waals surface area contributed by atoms with Crippen LogP contribution in [0.1, 0.15) is 10.4 Å². The Kier molecular flexibility index (Phi) is 5.26. The maximum Gasteiger partial charge on any atom is 0.254 e. The van der Waals surface area contributed by atoms with Gasteiger partial charge in [0, 0.05) is 44.8 Å². The first kappa shape index (κ1) is 16.6. The molecule has 7 heteroatoms. The second-order valence-corrected chi connectivity index (χ2v) is 5.52. The van der Waals surface area contributed by atoms with Crippen molar-refractivity contribution in [1.29, 1.82) is 0 Å². The highest BCUT2D eigenvalue weighted by molar-refractivity contribution is 5.94. The number of halogens is 1. The molecule has 6 nitrogen and oxygen atoms in total. The third-order valence-electron chi connectivity index (χ3n) is 4.10. The molecule has 2 heterocycles. The summed E-state index contributed by atoms with van der Waals surface area (Å²) in [5.74, 6) is 0.298. The fraction of sp³-hybridized carbons (Fsp3) is 0.467. The number of amides is 2. The van der Waals surface area contributed by atoms with Crippen LogP contribution in [0.15, 0.2) is 24.3 Å². The van der Waals surface area contributed by atoms with E-state index in [1.165, 1.54) is 6.07 Å². The van der Waals surface area contributed by atoms with Gasteiger partial charge in [0.2, 0.25) is 5.91 Å². The highest BCUT2D eigenvalue weighted by Crippen LogP contribution is 2.16. The lowest BCUT2D eigenvalue weighted by molar-refractivity contribution is -0.138. The minimum atomic E-state index is -0.0942. The summed E-state index contributed by atoms with van der Waals surface area (Å²) in [6, 6.07) is 6.37. The second kappa shape index (κ2) is 6.98. The van der Waals surface area contributed by atoms with Gasteiger partial charge in [-0.25, -0.2) is 0 Å². The van der Waals surface area contributed by atoms with Crippen LogP contribution in [0, 0.1) is 5.92 Å². The normalized spacial score (nSPS) is 18.4. The summed E-state index contributed by atoms with van der Waals surface area (Å²) >= 11 is 0. The van der Waals surface area contributed by atoms with Crippen molar-refractivity contribution in [3.63, 3.8) is 0 Å². The van der Waals surface area contributed by atoms with E-state index in [4.69, 9.17) is 0 Å². The number of piperazine rings is 1. The third kappa shape index (κ3) is 3.34. The van der Waals surface area contributed by atoms with Gasteiger partial charge in [0.25, 0.3) is 5.91 Å². The summed E-state index contributed by atoms with van der Waals surface area (Å²) < 4.78 is 0. The number of phenolic OH excluding ortho intramolecular Hbond substituents is 1. The van der Waals surface area contributed by atoms with Gasteiger partial charge < -0.3 is 20.2 Å². The molecule has 2 amide bonds. The smallest absolute Gasteiger partial charge is 0.254 e. The molecule has 3 rings (SSSR count). The molecule has 0 spiro atoms. The zero-order valence-corrected chi connectivity index (χ0v) is 13.0. The molecule has 0 bridgehead atoms. The molecular weight excluding hydrogens is 306 g/mol. The Hall–Kier alpha value is -1.79. The van der Waals surface area contributed by atoms with Crippen molar-refractivity contribution in [2.75, 3.05) is 39.3 Å². The summed E-state index contributed by atoms with van der Waals surface area (Å²) in [7, 11) is 0. The average molecular weight is 326 g/mol. The number of rotatable bonds is 2. The predicted octanol–water partition coefficient (Wildman–Crippen LogP) is 0.318. The van der Waals surface area contributed by atoms with Gasteiger partial charge >= 0.3 is 0 Å². The molecule has 0 radical (unpaired) electrons. The van der Waals surface area contributed by atoms with E-state index in [0.717, 1.165) is 13.1 Å². The van der Waals surface area contributed by atoms with Crippen molar-refractivity contribution in [3.8, 4) is 5.75 Å². The van der Waals surface area contributed by atoms with Crippen LogP contribution in [0.25, 0.3) is 0 Å². The van der Waals surface area contributed by atoms with Crippen LogP contribution in [0.5, 0.6) is 5.75 Å². The average Bonchev–Trinajstić information content (AvgIpc) is 2.45. The third-order valence-corrected chi connectivity index (χ3v) is 4.10. The van der Waals surface area contributed by atoms with Crippen LogP contribution in [-0.4, -0.2) is 66.0 Å². The van der Waals surface area contributed by atoms with Gasteiger partial charge in [0.05, 0.1) is 5.92 Å². The number of hydrogen-bond acceptors (Lipinski definition) is 4. The predicted molar refractivity (Wildman–Crippen MR) is 84.2 cm³/mol. The summed E-state index contributed by atoms with van der Waals surface area (Å²) in [6.07, 6.45) is 0. The van der Waals surface area contributed by atoms with Crippen molar-refractivity contribution in [1.82, 2.24) is 15.1 Å². The monoisotopic (exact) mass is 325 g/mol. The van der Waals surface area contributed by atoms with E-state index in [-0.39, 0.29) is 35.9 Å². The first-order chi connectivity index (χ1) is 10.1. The molecule has 1 aromatic rings. The number of benzene rings is 1. The highest BCUT2D eigenvalue weighted by atomic mass is 35.5. The molecule has 120 valence electrons. The van der Waals surface area contributed by atoms with Crippen LogP contribution >= 0.6 is 12.4 Å². The van der Waals surface area contributed by atoms with Crippen LogP contribution in [0.3, 0.4) is 0 Å². The van der Waals surface area contributed by atoms with Gasteiger partial charge in [-0.3, -0.25) is 9.59 Å². The number of hydrogen-bond donors (Lipinski definition) is 2. The molecule has 2 fully saturated rings. The SMILES string of the molecule is Cl.O=C(c1cccc(O)c1)N1CCN(C(=O)C2CNC2)CC1. The van der Waals surface area contributed by atoms with Crippen LogP contribution in [0.4, 0.5) is 0 Å². The van der Waals surface area contributed by atoms with Gasteiger partial charge in [-0.05, 0) is 18.2 Å². The minimum absolute atomic E-state index is 0. The molecule has 2 aliphatic rings. The fourth-order valence-electron chi connectivity index (χ4n) is 2.67. The Morgan fingerprint density at radius 2 is 1.73 bits per heavy atom. The molecule has 0 atom stereocenters. The number of carbonyl (C=O) groups excluding carboxylic acids is 2. The Morgan fingerprint density at radius 1 is 1.09 bits per heavy atom. The van der Waals surface area contributed by atoms with E-state index >= 15 is 0 Å². The number of phenols is 1. The number of nitrogens with one attached hydrogen (secondary N) is 1. The molecule has 0 aliphatic carbocycles. The molecule has 0 saturated carbocycles. The summed E-state index contributed by atoms with van der Waals surface area (Å²) in [5, 5.41) is 12.5. The molecule has 2 N–H and O–H groups in total. The van der Waals surface area contributed by atoms with Crippen LogP contribution in [-0.2, 0) is 4.79 Å². The van der Waals surface area contributed by atoms with Gasteiger partial charge in [-0.15, -0.1) is 12.4 Å². The second-order valence-electron chi connectivity index (χ2n) is 5.52. The topological polar surface area (TPSA) is 72.9 Å². The Labute approximate surface area is 135 Å². The quantitative estimate of drug-likeness (QED) is 0.821. The van der Waals surface area contributed by atoms with Gasteiger partial charge in [0.15, 0.2) is 0 Å². The summed E-state index contributed by atoms with van der Waals surface area (Å²) in [5.41, 5.74) is 0.484. The summed E-state index contributed by atoms with van der Waals surface area (Å²) in [4.78, 5) is 28.0. The molecule has 2 aliphatic heterocycles. The number of nitrogens with zero attached hydrogens (tertiary/aromatic N) is 2. The van der Waals surface area contributed by atoms with E-state index < -0.39 is 0 Å². The first-order valence-corrected chi connectivity index (χ1v) is 7.23. The Morgan fingerprint density at radius 3 is 2.27 bits per heavy atom. The van der Waals surface area contributed by atoms with E-state index in [1.54, 1.807) is 23.1 Å². The highest BCUT2D eigenvalue weighted by Gasteiger charge is 2.32. The minimum Gasteiger partial charge on any atom is -0.508 e. The molecule has 22 heavy (non-hydrogen) atoms. The maximum atomic E-state index is 12.3. The number of aromatic hydroxyl groups is 1. The molecular formula is C15H20ClN3O3. The lowest BCUT2D eigenvalue weighted by Crippen LogP contribution is -2.57. The molecule has 0 aromatic heterocycles. The largest absolute Gasteiger partial charge is 0.508 e. The zero-order valence-electron chi connectivity index (χ0n) is 12.2. The fourth-order valence-corrected chi connectivity index (χ4v) is 2.67. The van der Waals surface area contributed by atoms with Crippen LogP contribution < -0.4 is 5.32 Å². The number of carbonyl (C=O) groups is 2.